The molecule has 3 atom stereocenters. The fourth-order valence-corrected chi connectivity index (χ4v) is 2.11. The van der Waals surface area contributed by atoms with Crippen molar-refractivity contribution >= 4 is 5.91 Å². The number of nitrogens with one attached hydrogen (secondary N) is 1. The highest BCUT2D eigenvalue weighted by Crippen LogP contribution is 2.22. The lowest BCUT2D eigenvalue weighted by Crippen LogP contribution is -2.46. The number of hydrogen-bond donors (Lipinski definition) is 2. The molecule has 1 saturated heterocycles. The quantitative estimate of drug-likeness (QED) is 0.404. The number of hydrogen-bond acceptors (Lipinski definition) is 5. The molecule has 6 heteroatoms. The third kappa shape index (κ3) is 4.59. The lowest BCUT2D eigenvalue weighted by atomic mass is 10.0. The molecule has 0 radical (unpaired) electrons. The summed E-state index contributed by atoms with van der Waals surface area (Å²) in [5, 5.41) is 0. The van der Waals surface area contributed by atoms with Crippen LogP contribution in [-0.2, 0) is 19.0 Å². The van der Waals surface area contributed by atoms with Gasteiger partial charge in [0.1, 0.15) is 0 Å². The first kappa shape index (κ1) is 14.4. The summed E-state index contributed by atoms with van der Waals surface area (Å²) in [6, 6.07) is 0. The van der Waals surface area contributed by atoms with Gasteiger partial charge in [0.05, 0.1) is 24.9 Å². The maximum absolute atomic E-state index is 11.5. The summed E-state index contributed by atoms with van der Waals surface area (Å²) >= 11 is 0. The molecule has 0 saturated carbocycles. The van der Waals surface area contributed by atoms with Gasteiger partial charge < -0.3 is 14.2 Å². The van der Waals surface area contributed by atoms with E-state index in [9.17, 15) is 4.79 Å². The van der Waals surface area contributed by atoms with Crippen LogP contribution in [0.3, 0.4) is 0 Å². The number of rotatable bonds is 5. The van der Waals surface area contributed by atoms with Gasteiger partial charge in [-0.1, -0.05) is 0 Å². The van der Waals surface area contributed by atoms with Crippen molar-refractivity contribution in [3.8, 4) is 0 Å². The zero-order chi connectivity index (χ0) is 12.8. The average molecular weight is 246 g/mol. The van der Waals surface area contributed by atoms with E-state index >= 15 is 0 Å². The maximum Gasteiger partial charge on any atom is 0.265 e. The van der Waals surface area contributed by atoms with Gasteiger partial charge in [0.2, 0.25) is 0 Å². The zero-order valence-electron chi connectivity index (χ0n) is 10.6. The first-order valence-electron chi connectivity index (χ1n) is 5.87. The molecule has 1 amide bonds. The van der Waals surface area contributed by atoms with Crippen LogP contribution in [0.4, 0.5) is 0 Å². The van der Waals surface area contributed by atoms with E-state index in [0.29, 0.717) is 0 Å². The molecule has 6 nitrogen and oxygen atoms in total. The number of carbonyl (C=O) groups is 1. The Labute approximate surface area is 102 Å². The Hall–Kier alpha value is -0.690. The van der Waals surface area contributed by atoms with Crippen LogP contribution in [-0.4, -0.2) is 44.0 Å². The summed E-state index contributed by atoms with van der Waals surface area (Å²) in [5.74, 6) is 4.74. The van der Waals surface area contributed by atoms with Crippen LogP contribution in [0.1, 0.15) is 26.7 Å². The normalized spacial score (nSPS) is 30.9. The summed E-state index contributed by atoms with van der Waals surface area (Å²) in [6.45, 7) is 4.20. The summed E-state index contributed by atoms with van der Waals surface area (Å²) in [7, 11) is 1.52. The topological polar surface area (TPSA) is 82.8 Å². The highest BCUT2D eigenvalue weighted by atomic mass is 16.5. The summed E-state index contributed by atoms with van der Waals surface area (Å²) in [6.07, 6.45) is 1.20. The van der Waals surface area contributed by atoms with Crippen molar-refractivity contribution in [2.24, 2.45) is 5.84 Å². The molecular weight excluding hydrogens is 224 g/mol. The fourth-order valence-electron chi connectivity index (χ4n) is 2.11. The van der Waals surface area contributed by atoms with Gasteiger partial charge in [0.15, 0.2) is 6.10 Å². The van der Waals surface area contributed by atoms with Gasteiger partial charge in [-0.05, 0) is 26.7 Å². The second kappa shape index (κ2) is 6.90. The standard InChI is InChI=1S/C11H22N2O4/c1-7-4-9(5-8(2)16-7)17-10(6-15-3)11(14)13-12/h7-10H,4-6,12H2,1-3H3,(H,13,14). The molecule has 0 spiro atoms. The Morgan fingerprint density at radius 2 is 2.06 bits per heavy atom. The molecular formula is C11H22N2O4. The highest BCUT2D eigenvalue weighted by molar-refractivity contribution is 5.80. The molecule has 0 aromatic carbocycles. The first-order valence-corrected chi connectivity index (χ1v) is 5.87. The summed E-state index contributed by atoms with van der Waals surface area (Å²) < 4.78 is 16.3. The van der Waals surface area contributed by atoms with E-state index in [1.807, 2.05) is 13.8 Å². The molecule has 1 rings (SSSR count). The van der Waals surface area contributed by atoms with Gasteiger partial charge in [0, 0.05) is 7.11 Å². The van der Waals surface area contributed by atoms with E-state index in [1.165, 1.54) is 7.11 Å². The summed E-state index contributed by atoms with van der Waals surface area (Å²) in [4.78, 5) is 11.5. The Morgan fingerprint density at radius 1 is 1.47 bits per heavy atom. The van der Waals surface area contributed by atoms with Crippen LogP contribution >= 0.6 is 0 Å². The lowest BCUT2D eigenvalue weighted by molar-refractivity contribution is -0.155. The van der Waals surface area contributed by atoms with Crippen LogP contribution in [0.2, 0.25) is 0 Å². The molecule has 0 bridgehead atoms. The minimum absolute atomic E-state index is 0.00574. The third-order valence-corrected chi connectivity index (χ3v) is 2.76. The van der Waals surface area contributed by atoms with Gasteiger partial charge in [-0.3, -0.25) is 10.2 Å². The number of hydrazine groups is 1. The highest BCUT2D eigenvalue weighted by Gasteiger charge is 2.29. The van der Waals surface area contributed by atoms with Gasteiger partial charge in [0.25, 0.3) is 5.91 Å². The van der Waals surface area contributed by atoms with E-state index in [2.05, 4.69) is 5.43 Å². The van der Waals surface area contributed by atoms with Crippen LogP contribution in [0.25, 0.3) is 0 Å². The molecule has 100 valence electrons. The molecule has 1 fully saturated rings. The lowest BCUT2D eigenvalue weighted by Gasteiger charge is -2.33. The van der Waals surface area contributed by atoms with Crippen molar-refractivity contribution in [2.45, 2.75) is 51.1 Å². The Balaban J connectivity index is 2.50. The number of methoxy groups -OCH3 is 1. The second-order valence-electron chi connectivity index (χ2n) is 4.44. The van der Waals surface area contributed by atoms with Crippen molar-refractivity contribution in [3.63, 3.8) is 0 Å². The van der Waals surface area contributed by atoms with Crippen molar-refractivity contribution in [2.75, 3.05) is 13.7 Å². The minimum atomic E-state index is -0.660. The first-order chi connectivity index (χ1) is 8.06. The van der Waals surface area contributed by atoms with Crippen LogP contribution in [0, 0.1) is 0 Å². The number of carbonyl (C=O) groups excluding carboxylic acids is 1. The molecule has 3 unspecified atom stereocenters. The monoisotopic (exact) mass is 246 g/mol. The van der Waals surface area contributed by atoms with E-state index in [4.69, 9.17) is 20.1 Å². The molecule has 0 aliphatic carbocycles. The third-order valence-electron chi connectivity index (χ3n) is 2.76. The SMILES string of the molecule is COCC(OC1CC(C)OC(C)C1)C(=O)NN. The van der Waals surface area contributed by atoms with Crippen molar-refractivity contribution in [1.29, 1.82) is 0 Å². The van der Waals surface area contributed by atoms with Crippen molar-refractivity contribution < 1.29 is 19.0 Å². The number of nitrogens with two attached hydrogens (primary N) is 1. The van der Waals surface area contributed by atoms with E-state index < -0.39 is 6.10 Å². The van der Waals surface area contributed by atoms with Gasteiger partial charge in [-0.15, -0.1) is 0 Å². The number of amides is 1. The predicted molar refractivity (Wildman–Crippen MR) is 62.1 cm³/mol. The molecule has 17 heavy (non-hydrogen) atoms. The van der Waals surface area contributed by atoms with Gasteiger partial charge >= 0.3 is 0 Å². The minimum Gasteiger partial charge on any atom is -0.381 e. The van der Waals surface area contributed by atoms with E-state index in [1.54, 1.807) is 0 Å². The van der Waals surface area contributed by atoms with E-state index in [-0.39, 0.29) is 30.8 Å². The van der Waals surface area contributed by atoms with Crippen molar-refractivity contribution in [1.82, 2.24) is 5.43 Å². The molecule has 0 aromatic rings. The van der Waals surface area contributed by atoms with Crippen LogP contribution in [0.5, 0.6) is 0 Å². The predicted octanol–water partition coefficient (Wildman–Crippen LogP) is -0.0361. The smallest absolute Gasteiger partial charge is 0.265 e. The summed E-state index contributed by atoms with van der Waals surface area (Å²) in [5.41, 5.74) is 2.09. The van der Waals surface area contributed by atoms with Crippen LogP contribution < -0.4 is 11.3 Å². The fraction of sp³-hybridized carbons (Fsp3) is 0.909. The largest absolute Gasteiger partial charge is 0.381 e. The average Bonchev–Trinajstić information content (AvgIpc) is 2.26. The number of ether oxygens (including phenoxy) is 3. The molecule has 1 heterocycles. The Morgan fingerprint density at radius 3 is 2.53 bits per heavy atom. The van der Waals surface area contributed by atoms with E-state index in [0.717, 1.165) is 12.8 Å². The van der Waals surface area contributed by atoms with Crippen molar-refractivity contribution in [3.05, 3.63) is 0 Å². The zero-order valence-corrected chi connectivity index (χ0v) is 10.6. The molecule has 3 N–H and O–H groups in total. The Bertz CT molecular complexity index is 240. The van der Waals surface area contributed by atoms with Gasteiger partial charge in [-0.2, -0.15) is 0 Å². The van der Waals surface area contributed by atoms with Crippen LogP contribution in [0.15, 0.2) is 0 Å². The maximum atomic E-state index is 11.5. The Kier molecular flexibility index (Phi) is 5.84. The molecule has 1 aliphatic heterocycles. The van der Waals surface area contributed by atoms with Gasteiger partial charge in [-0.25, -0.2) is 5.84 Å². The molecule has 0 aromatic heterocycles. The second-order valence-corrected chi connectivity index (χ2v) is 4.44. The molecule has 1 aliphatic rings.